The summed E-state index contributed by atoms with van der Waals surface area (Å²) in [5.74, 6) is 1.49. The fourth-order valence-electron chi connectivity index (χ4n) is 5.04. The Bertz CT molecular complexity index is 1210. The Morgan fingerprint density at radius 3 is 2.81 bits per heavy atom. The zero-order valence-electron chi connectivity index (χ0n) is 21.0. The first kappa shape index (κ1) is 24.9. The minimum Gasteiger partial charge on any atom is -0.489 e. The second kappa shape index (κ2) is 11.1. The number of imidazole rings is 1. The van der Waals surface area contributed by atoms with Crippen molar-refractivity contribution in [2.24, 2.45) is 0 Å². The van der Waals surface area contributed by atoms with Crippen molar-refractivity contribution in [1.82, 2.24) is 19.3 Å². The molecule has 3 aromatic rings. The van der Waals surface area contributed by atoms with Gasteiger partial charge in [-0.25, -0.2) is 9.97 Å². The largest absolute Gasteiger partial charge is 0.489 e. The van der Waals surface area contributed by atoms with Crippen molar-refractivity contribution >= 4 is 38.8 Å². The van der Waals surface area contributed by atoms with Crippen LogP contribution >= 0.6 is 15.9 Å². The molecule has 0 radical (unpaired) electrons. The molecule has 11 heteroatoms. The number of rotatable bonds is 9. The summed E-state index contributed by atoms with van der Waals surface area (Å²) in [6, 6.07) is 6.22. The highest BCUT2D eigenvalue weighted by molar-refractivity contribution is 9.10. The third kappa shape index (κ3) is 5.85. The molecule has 3 unspecified atom stereocenters. The summed E-state index contributed by atoms with van der Waals surface area (Å²) >= 11 is 3.49. The third-order valence-corrected chi connectivity index (χ3v) is 7.43. The molecule has 3 saturated heterocycles. The number of epoxide rings is 1. The Kier molecular flexibility index (Phi) is 7.48. The van der Waals surface area contributed by atoms with Crippen molar-refractivity contribution < 1.29 is 18.9 Å². The molecule has 1 N–H and O–H groups in total. The Hall–Kier alpha value is -2.44. The summed E-state index contributed by atoms with van der Waals surface area (Å²) in [6.07, 6.45) is 9.24. The Labute approximate surface area is 225 Å². The molecule has 6 rings (SSSR count). The van der Waals surface area contributed by atoms with Gasteiger partial charge in [0.15, 0.2) is 17.8 Å². The lowest BCUT2D eigenvalue weighted by atomic mass is 10.2. The molecule has 2 aromatic heterocycles. The van der Waals surface area contributed by atoms with E-state index < -0.39 is 0 Å². The molecule has 0 bridgehead atoms. The fourth-order valence-corrected chi connectivity index (χ4v) is 5.44. The number of hydrogen-bond donors (Lipinski definition) is 1. The average Bonchev–Trinajstić information content (AvgIpc) is 3.45. The molecule has 3 aliphatic heterocycles. The molecular formula is C26H33BrN6O4. The molecule has 3 aliphatic rings. The Morgan fingerprint density at radius 2 is 2.03 bits per heavy atom. The summed E-state index contributed by atoms with van der Waals surface area (Å²) < 4.78 is 26.2. The van der Waals surface area contributed by atoms with Gasteiger partial charge in [0.25, 0.3) is 0 Å². The van der Waals surface area contributed by atoms with E-state index >= 15 is 0 Å². The number of aromatic nitrogens is 3. The molecule has 3 fully saturated rings. The number of anilines is 3. The fraction of sp³-hybridized carbons (Fsp3) is 0.538. The number of nitrogens with zero attached hydrogens (tertiary/aromatic N) is 5. The van der Waals surface area contributed by atoms with Gasteiger partial charge in [0.05, 0.1) is 18.4 Å². The van der Waals surface area contributed by atoms with Crippen LogP contribution in [0.4, 0.5) is 17.2 Å². The predicted octanol–water partition coefficient (Wildman–Crippen LogP) is 4.02. The predicted molar refractivity (Wildman–Crippen MR) is 144 cm³/mol. The van der Waals surface area contributed by atoms with Gasteiger partial charge >= 0.3 is 0 Å². The number of fused-ring (bicyclic) bond motifs is 1. The topological polar surface area (TPSA) is 88.9 Å². The number of ether oxygens (including phenoxy) is 4. The van der Waals surface area contributed by atoms with Crippen molar-refractivity contribution in [2.45, 2.75) is 44.8 Å². The lowest BCUT2D eigenvalue weighted by Crippen LogP contribution is -2.48. The second-order valence-corrected chi connectivity index (χ2v) is 10.5. The SMILES string of the molecule is CC1OC1N1CCN(c2ccc(Nc3nc(Br)cn4ccnc34)cc2OCCOC2CCCCO2)CC1. The molecule has 10 nitrogen and oxygen atoms in total. The molecule has 37 heavy (non-hydrogen) atoms. The van der Waals surface area contributed by atoms with Gasteiger partial charge < -0.3 is 33.6 Å². The van der Waals surface area contributed by atoms with Crippen LogP contribution in [0.5, 0.6) is 5.75 Å². The quantitative estimate of drug-likeness (QED) is 0.301. The van der Waals surface area contributed by atoms with E-state index in [1.165, 1.54) is 0 Å². The van der Waals surface area contributed by atoms with E-state index in [0.29, 0.717) is 25.1 Å². The summed E-state index contributed by atoms with van der Waals surface area (Å²) in [6.45, 7) is 7.61. The van der Waals surface area contributed by atoms with Gasteiger partial charge in [-0.15, -0.1) is 0 Å². The monoisotopic (exact) mass is 572 g/mol. The van der Waals surface area contributed by atoms with E-state index in [0.717, 1.165) is 79.4 Å². The van der Waals surface area contributed by atoms with Gasteiger partial charge in [0, 0.05) is 63.1 Å². The first-order valence-electron chi connectivity index (χ1n) is 13.0. The normalized spacial score (nSPS) is 24.4. The number of hydrogen-bond acceptors (Lipinski definition) is 9. The molecule has 0 amide bonds. The van der Waals surface area contributed by atoms with Gasteiger partial charge in [0.2, 0.25) is 0 Å². The second-order valence-electron chi connectivity index (χ2n) is 9.65. The van der Waals surface area contributed by atoms with Crippen LogP contribution in [0.2, 0.25) is 0 Å². The lowest BCUT2D eigenvalue weighted by Gasteiger charge is -2.36. The van der Waals surface area contributed by atoms with Crippen LogP contribution in [-0.2, 0) is 14.2 Å². The van der Waals surface area contributed by atoms with E-state index in [1.54, 1.807) is 6.20 Å². The van der Waals surface area contributed by atoms with Crippen LogP contribution in [0.15, 0.2) is 41.4 Å². The van der Waals surface area contributed by atoms with Crippen molar-refractivity contribution in [2.75, 3.05) is 56.2 Å². The highest BCUT2D eigenvalue weighted by Crippen LogP contribution is 2.35. The van der Waals surface area contributed by atoms with Gasteiger partial charge in [0.1, 0.15) is 23.2 Å². The summed E-state index contributed by atoms with van der Waals surface area (Å²) in [5.41, 5.74) is 2.71. The van der Waals surface area contributed by atoms with Gasteiger partial charge in [-0.2, -0.15) is 0 Å². The molecule has 0 saturated carbocycles. The highest BCUT2D eigenvalue weighted by Gasteiger charge is 2.40. The van der Waals surface area contributed by atoms with Crippen molar-refractivity contribution in [1.29, 1.82) is 0 Å². The van der Waals surface area contributed by atoms with E-state index in [-0.39, 0.29) is 12.5 Å². The number of nitrogens with one attached hydrogen (secondary N) is 1. The van der Waals surface area contributed by atoms with Crippen molar-refractivity contribution in [3.8, 4) is 5.75 Å². The first-order chi connectivity index (χ1) is 18.1. The van der Waals surface area contributed by atoms with Crippen LogP contribution in [0.1, 0.15) is 26.2 Å². The lowest BCUT2D eigenvalue weighted by molar-refractivity contribution is -0.165. The number of benzene rings is 1. The molecule has 5 heterocycles. The van der Waals surface area contributed by atoms with Crippen molar-refractivity contribution in [3.63, 3.8) is 0 Å². The van der Waals surface area contributed by atoms with E-state index in [9.17, 15) is 0 Å². The molecule has 3 atom stereocenters. The number of piperazine rings is 1. The molecule has 0 spiro atoms. The Morgan fingerprint density at radius 1 is 1.16 bits per heavy atom. The van der Waals surface area contributed by atoms with Crippen LogP contribution in [0.25, 0.3) is 5.65 Å². The average molecular weight is 573 g/mol. The highest BCUT2D eigenvalue weighted by atomic mass is 79.9. The Balaban J connectivity index is 1.17. The van der Waals surface area contributed by atoms with Crippen LogP contribution < -0.4 is 15.0 Å². The molecular weight excluding hydrogens is 540 g/mol. The zero-order valence-corrected chi connectivity index (χ0v) is 22.6. The standard InChI is InChI=1S/C26H33BrN6O4/c1-18-26(37-18)32-11-9-31(10-12-32)20-6-5-19(29-24-25-28-7-8-33(25)17-22(27)30-24)16-21(20)34-14-15-36-23-4-2-3-13-35-23/h5-8,16-18,23,26H,2-4,9-15H2,1H3,(H,29,30). The minimum atomic E-state index is -0.121. The summed E-state index contributed by atoms with van der Waals surface area (Å²) in [4.78, 5) is 13.8. The van der Waals surface area contributed by atoms with Gasteiger partial charge in [-0.3, -0.25) is 4.90 Å². The third-order valence-electron chi connectivity index (χ3n) is 7.04. The molecule has 0 aliphatic carbocycles. The van der Waals surface area contributed by atoms with Crippen molar-refractivity contribution in [3.05, 3.63) is 41.4 Å². The van der Waals surface area contributed by atoms with E-state index in [4.69, 9.17) is 18.9 Å². The smallest absolute Gasteiger partial charge is 0.180 e. The van der Waals surface area contributed by atoms with Gasteiger partial charge in [-0.05, 0) is 54.2 Å². The van der Waals surface area contributed by atoms with Crippen LogP contribution in [0, 0.1) is 0 Å². The first-order valence-corrected chi connectivity index (χ1v) is 13.8. The summed E-state index contributed by atoms with van der Waals surface area (Å²) in [7, 11) is 0. The van der Waals surface area contributed by atoms with E-state index in [1.807, 2.05) is 22.9 Å². The summed E-state index contributed by atoms with van der Waals surface area (Å²) in [5, 5.41) is 3.42. The van der Waals surface area contributed by atoms with Crippen LogP contribution in [0.3, 0.4) is 0 Å². The molecule has 198 valence electrons. The van der Waals surface area contributed by atoms with E-state index in [2.05, 4.69) is 60.1 Å². The minimum absolute atomic E-state index is 0.121. The number of halogens is 1. The maximum Gasteiger partial charge on any atom is 0.180 e. The maximum absolute atomic E-state index is 6.31. The maximum atomic E-state index is 6.31. The van der Waals surface area contributed by atoms with Gasteiger partial charge in [-0.1, -0.05) is 0 Å². The zero-order chi connectivity index (χ0) is 25.2. The molecule has 1 aromatic carbocycles. The van der Waals surface area contributed by atoms with Crippen LogP contribution in [-0.4, -0.2) is 83.9 Å².